The quantitative estimate of drug-likeness (QED) is 0.521. The van der Waals surface area contributed by atoms with Crippen molar-refractivity contribution in [3.63, 3.8) is 0 Å². The van der Waals surface area contributed by atoms with E-state index in [4.69, 9.17) is 0 Å². The zero-order valence-corrected chi connectivity index (χ0v) is 20.3. The van der Waals surface area contributed by atoms with Gasteiger partial charge in [-0.25, -0.2) is 13.4 Å². The number of sulfonamides is 1. The van der Waals surface area contributed by atoms with Gasteiger partial charge in [0.1, 0.15) is 0 Å². The van der Waals surface area contributed by atoms with Crippen molar-refractivity contribution in [3.05, 3.63) is 64.4 Å². The van der Waals surface area contributed by atoms with E-state index in [2.05, 4.69) is 29.7 Å². The summed E-state index contributed by atoms with van der Waals surface area (Å²) in [5.41, 5.74) is 5.86. The number of nitrogens with zero attached hydrogens (tertiary/aromatic N) is 3. The van der Waals surface area contributed by atoms with Gasteiger partial charge in [-0.15, -0.1) is 0 Å². The van der Waals surface area contributed by atoms with E-state index < -0.39 is 15.9 Å². The number of amides is 1. The summed E-state index contributed by atoms with van der Waals surface area (Å²) in [5, 5.41) is 0.496. The number of para-hydroxylation sites is 1. The summed E-state index contributed by atoms with van der Waals surface area (Å²) in [4.78, 5) is 30.0. The number of carbonyl (C=O) groups is 1. The van der Waals surface area contributed by atoms with Crippen LogP contribution in [-0.2, 0) is 16.6 Å². The van der Waals surface area contributed by atoms with Gasteiger partial charge in [-0.3, -0.25) is 25.0 Å². The lowest BCUT2D eigenvalue weighted by molar-refractivity contribution is 0.0962. The first-order valence-corrected chi connectivity index (χ1v) is 12.8. The number of benzene rings is 2. The number of hydrogen-bond acceptors (Lipinski definition) is 6. The molecule has 9 nitrogen and oxygen atoms in total. The molecule has 1 saturated heterocycles. The third-order valence-electron chi connectivity index (χ3n) is 6.06. The Morgan fingerprint density at radius 2 is 1.71 bits per heavy atom. The van der Waals surface area contributed by atoms with Gasteiger partial charge in [0.15, 0.2) is 0 Å². The van der Waals surface area contributed by atoms with Gasteiger partial charge < -0.3 is 0 Å². The maximum absolute atomic E-state index is 13.1. The van der Waals surface area contributed by atoms with E-state index in [1.165, 1.54) is 33.1 Å². The van der Waals surface area contributed by atoms with Gasteiger partial charge >= 0.3 is 0 Å². The lowest BCUT2D eigenvalue weighted by atomic mass is 9.94. The molecule has 0 saturated carbocycles. The van der Waals surface area contributed by atoms with Crippen LogP contribution < -0.4 is 16.4 Å². The third kappa shape index (κ3) is 4.69. The molecule has 1 aromatic heterocycles. The summed E-state index contributed by atoms with van der Waals surface area (Å²) < 4.78 is 29.1. The molecule has 34 heavy (non-hydrogen) atoms. The topological polar surface area (TPSA) is 113 Å². The van der Waals surface area contributed by atoms with Gasteiger partial charge in [-0.05, 0) is 61.6 Å². The molecule has 2 N–H and O–H groups in total. The van der Waals surface area contributed by atoms with Crippen molar-refractivity contribution in [1.82, 2.24) is 19.3 Å². The lowest BCUT2D eigenvalue weighted by Crippen LogP contribution is -2.42. The highest BCUT2D eigenvalue weighted by atomic mass is 32.2. The van der Waals surface area contributed by atoms with Crippen molar-refractivity contribution < 1.29 is 13.2 Å². The van der Waals surface area contributed by atoms with Crippen molar-refractivity contribution in [2.24, 2.45) is 11.8 Å². The van der Waals surface area contributed by atoms with E-state index in [1.807, 2.05) is 6.92 Å². The standard InChI is InChI=1S/C24H29N5O4S/c1-4-29-23(31)20-7-5-6-8-21(20)25-24(29)27-26-22(30)18-9-11-19(12-10-18)34(32,33)28-14-16(2)13-17(3)15-28/h5-12,16-17H,4,13-15H2,1-3H3,(H,25,27)(H,26,30)/t16-,17-/m1/s1. The molecule has 2 aromatic carbocycles. The van der Waals surface area contributed by atoms with Crippen LogP contribution in [0.3, 0.4) is 0 Å². The number of piperidine rings is 1. The van der Waals surface area contributed by atoms with Crippen LogP contribution in [-0.4, -0.2) is 41.3 Å². The SMILES string of the molecule is CCn1c(NNC(=O)c2ccc(S(=O)(=O)N3C[C@H](C)C[C@@H](C)C3)cc2)nc2ccccc2c1=O. The van der Waals surface area contributed by atoms with Gasteiger partial charge in [0.25, 0.3) is 11.5 Å². The summed E-state index contributed by atoms with van der Waals surface area (Å²) in [5.74, 6) is 0.346. The van der Waals surface area contributed by atoms with Crippen LogP contribution in [0.1, 0.15) is 37.6 Å². The van der Waals surface area contributed by atoms with Gasteiger partial charge in [-0.2, -0.15) is 4.31 Å². The third-order valence-corrected chi connectivity index (χ3v) is 7.90. The van der Waals surface area contributed by atoms with Crippen molar-refractivity contribution in [2.45, 2.75) is 38.6 Å². The first kappa shape index (κ1) is 23.9. The molecule has 0 spiro atoms. The first-order valence-electron chi connectivity index (χ1n) is 11.4. The Hall–Kier alpha value is -3.24. The Labute approximate surface area is 198 Å². The van der Waals surface area contributed by atoms with Crippen molar-refractivity contribution in [3.8, 4) is 0 Å². The maximum atomic E-state index is 13.1. The number of hydrogen-bond donors (Lipinski definition) is 2. The fraction of sp³-hybridized carbons (Fsp3) is 0.375. The molecule has 1 aliphatic heterocycles. The molecule has 10 heteroatoms. The second-order valence-electron chi connectivity index (χ2n) is 8.87. The number of hydrazine groups is 1. The number of anilines is 1. The normalized spacial score (nSPS) is 19.1. The number of carbonyl (C=O) groups excluding carboxylic acids is 1. The molecule has 0 aliphatic carbocycles. The van der Waals surface area contributed by atoms with Crippen LogP contribution in [0, 0.1) is 11.8 Å². The molecular formula is C24H29N5O4S. The molecule has 2 atom stereocenters. The highest BCUT2D eigenvalue weighted by Gasteiger charge is 2.31. The van der Waals surface area contributed by atoms with Gasteiger partial charge in [0.05, 0.1) is 15.8 Å². The van der Waals surface area contributed by atoms with E-state index in [-0.39, 0.29) is 22.0 Å². The molecule has 1 amide bonds. The Morgan fingerprint density at radius 3 is 2.35 bits per heavy atom. The Kier molecular flexibility index (Phi) is 6.72. The minimum atomic E-state index is -3.62. The van der Waals surface area contributed by atoms with Crippen LogP contribution in [0.15, 0.2) is 58.2 Å². The number of fused-ring (bicyclic) bond motifs is 1. The molecular weight excluding hydrogens is 454 g/mol. The van der Waals surface area contributed by atoms with Gasteiger partial charge in [0, 0.05) is 25.2 Å². The molecule has 3 aromatic rings. The van der Waals surface area contributed by atoms with E-state index in [9.17, 15) is 18.0 Å². The van der Waals surface area contributed by atoms with Crippen LogP contribution in [0.25, 0.3) is 10.9 Å². The molecule has 0 unspecified atom stereocenters. The summed E-state index contributed by atoms with van der Waals surface area (Å²) in [6, 6.07) is 12.8. The molecule has 4 rings (SSSR count). The second kappa shape index (κ2) is 9.55. The zero-order chi connectivity index (χ0) is 24.5. The summed E-state index contributed by atoms with van der Waals surface area (Å²) in [6.45, 7) is 7.29. The van der Waals surface area contributed by atoms with Gasteiger partial charge in [0.2, 0.25) is 16.0 Å². The van der Waals surface area contributed by atoms with Crippen LogP contribution in [0.4, 0.5) is 5.95 Å². The molecule has 1 aliphatic rings. The smallest absolute Gasteiger partial charge is 0.269 e. The number of rotatable bonds is 6. The average molecular weight is 484 g/mol. The minimum absolute atomic E-state index is 0.161. The molecule has 1 fully saturated rings. The summed E-state index contributed by atoms with van der Waals surface area (Å²) in [7, 11) is -3.62. The Balaban J connectivity index is 1.49. The lowest BCUT2D eigenvalue weighted by Gasteiger charge is -2.34. The predicted molar refractivity (Wildman–Crippen MR) is 131 cm³/mol. The fourth-order valence-electron chi connectivity index (χ4n) is 4.47. The van der Waals surface area contributed by atoms with Crippen LogP contribution >= 0.6 is 0 Å². The number of aromatic nitrogens is 2. The molecule has 2 heterocycles. The molecule has 0 bridgehead atoms. The zero-order valence-electron chi connectivity index (χ0n) is 19.5. The number of nitrogens with one attached hydrogen (secondary N) is 2. The monoisotopic (exact) mass is 483 g/mol. The second-order valence-corrected chi connectivity index (χ2v) is 10.8. The fourth-order valence-corrected chi connectivity index (χ4v) is 6.15. The van der Waals surface area contributed by atoms with E-state index in [0.29, 0.717) is 42.4 Å². The Morgan fingerprint density at radius 1 is 1.06 bits per heavy atom. The summed E-state index contributed by atoms with van der Waals surface area (Å²) in [6.07, 6.45) is 1.01. The van der Waals surface area contributed by atoms with Crippen molar-refractivity contribution in [2.75, 3.05) is 18.5 Å². The highest BCUT2D eigenvalue weighted by molar-refractivity contribution is 7.89. The average Bonchev–Trinajstić information content (AvgIpc) is 2.82. The van der Waals surface area contributed by atoms with E-state index >= 15 is 0 Å². The van der Waals surface area contributed by atoms with Crippen molar-refractivity contribution >= 4 is 32.8 Å². The largest absolute Gasteiger partial charge is 0.277 e. The first-order chi connectivity index (χ1) is 16.2. The predicted octanol–water partition coefficient (Wildman–Crippen LogP) is 2.84. The Bertz CT molecular complexity index is 1360. The molecule has 180 valence electrons. The minimum Gasteiger partial charge on any atom is -0.277 e. The van der Waals surface area contributed by atoms with Crippen molar-refractivity contribution in [1.29, 1.82) is 0 Å². The maximum Gasteiger partial charge on any atom is 0.269 e. The van der Waals surface area contributed by atoms with Gasteiger partial charge in [-0.1, -0.05) is 26.0 Å². The van der Waals surface area contributed by atoms with E-state index in [1.54, 1.807) is 24.3 Å². The highest BCUT2D eigenvalue weighted by Crippen LogP contribution is 2.26. The van der Waals surface area contributed by atoms with E-state index in [0.717, 1.165) is 6.42 Å². The van der Waals surface area contributed by atoms with Crippen LogP contribution in [0.2, 0.25) is 0 Å². The molecule has 0 radical (unpaired) electrons. The van der Waals surface area contributed by atoms with Crippen LogP contribution in [0.5, 0.6) is 0 Å². The summed E-state index contributed by atoms with van der Waals surface area (Å²) >= 11 is 0.